The molecule has 0 aliphatic carbocycles. The summed E-state index contributed by atoms with van der Waals surface area (Å²) in [5.74, 6) is -0.0988. The van der Waals surface area contributed by atoms with Gasteiger partial charge >= 0.3 is 5.97 Å². The third-order valence-electron chi connectivity index (χ3n) is 2.65. The molecule has 0 bridgehead atoms. The molecule has 2 heteroatoms. The maximum absolute atomic E-state index is 11.5. The summed E-state index contributed by atoms with van der Waals surface area (Å²) in [5, 5.41) is 0. The second kappa shape index (κ2) is 9.46. The van der Waals surface area contributed by atoms with Crippen molar-refractivity contribution in [1.82, 2.24) is 0 Å². The number of unbranched alkanes of at least 4 members (excludes halogenated alkanes) is 2. The summed E-state index contributed by atoms with van der Waals surface area (Å²) in [6, 6.07) is 9.77. The van der Waals surface area contributed by atoms with Gasteiger partial charge in [0.15, 0.2) is 0 Å². The van der Waals surface area contributed by atoms with Gasteiger partial charge in [0.05, 0.1) is 0 Å². The van der Waals surface area contributed by atoms with Crippen LogP contribution in [0.4, 0.5) is 0 Å². The molecule has 0 atom stereocenters. The van der Waals surface area contributed by atoms with Gasteiger partial charge in [-0.1, -0.05) is 49.4 Å². The van der Waals surface area contributed by atoms with E-state index < -0.39 is 0 Å². The Bertz CT molecular complexity index is 355. The fraction of sp³-hybridized carbons (Fsp3) is 0.438. The van der Waals surface area contributed by atoms with E-state index in [9.17, 15) is 4.79 Å². The molecule has 18 heavy (non-hydrogen) atoms. The van der Waals surface area contributed by atoms with Crippen molar-refractivity contribution in [2.24, 2.45) is 0 Å². The first-order valence-electron chi connectivity index (χ1n) is 6.67. The summed E-state index contributed by atoms with van der Waals surface area (Å²) in [7, 11) is 0. The highest BCUT2D eigenvalue weighted by molar-refractivity contribution is 5.69. The summed E-state index contributed by atoms with van der Waals surface area (Å²) in [6.07, 6.45) is 8.95. The molecule has 0 saturated carbocycles. The van der Waals surface area contributed by atoms with E-state index in [0.29, 0.717) is 13.0 Å². The third-order valence-corrected chi connectivity index (χ3v) is 2.65. The van der Waals surface area contributed by atoms with Crippen molar-refractivity contribution in [3.05, 3.63) is 48.0 Å². The number of esters is 1. The van der Waals surface area contributed by atoms with E-state index in [1.165, 1.54) is 0 Å². The van der Waals surface area contributed by atoms with Gasteiger partial charge in [0.25, 0.3) is 0 Å². The summed E-state index contributed by atoms with van der Waals surface area (Å²) < 4.78 is 5.20. The minimum atomic E-state index is -0.0988. The summed E-state index contributed by atoms with van der Waals surface area (Å²) in [6.45, 7) is 2.51. The molecule has 0 aliphatic rings. The molecule has 0 amide bonds. The van der Waals surface area contributed by atoms with Gasteiger partial charge in [0.1, 0.15) is 6.61 Å². The summed E-state index contributed by atoms with van der Waals surface area (Å²) >= 11 is 0. The van der Waals surface area contributed by atoms with Crippen LogP contribution in [0.3, 0.4) is 0 Å². The highest BCUT2D eigenvalue weighted by Crippen LogP contribution is 2.05. The highest BCUT2D eigenvalue weighted by Gasteiger charge is 2.02. The standard InChI is InChI=1S/C16H22O2/c1-2-3-4-5-6-10-13-16(17)18-14-15-11-8-7-9-12-15/h3-4,7-9,11-12H,2,5-6,10,13-14H2,1H3/b4-3-. The molecule has 0 unspecified atom stereocenters. The number of rotatable bonds is 8. The SMILES string of the molecule is CC/C=C\CCCCC(=O)OCc1ccccc1. The van der Waals surface area contributed by atoms with Gasteiger partial charge in [-0.05, 0) is 31.2 Å². The quantitative estimate of drug-likeness (QED) is 0.389. The summed E-state index contributed by atoms with van der Waals surface area (Å²) in [5.41, 5.74) is 1.04. The van der Waals surface area contributed by atoms with Crippen LogP contribution in [0.5, 0.6) is 0 Å². The van der Waals surface area contributed by atoms with E-state index in [4.69, 9.17) is 4.74 Å². The zero-order valence-electron chi connectivity index (χ0n) is 11.1. The molecule has 0 radical (unpaired) electrons. The van der Waals surface area contributed by atoms with Gasteiger partial charge in [-0.15, -0.1) is 0 Å². The predicted molar refractivity (Wildman–Crippen MR) is 74.1 cm³/mol. The van der Waals surface area contributed by atoms with E-state index in [-0.39, 0.29) is 5.97 Å². The number of hydrogen-bond donors (Lipinski definition) is 0. The number of benzene rings is 1. The van der Waals surface area contributed by atoms with Crippen LogP contribution in [0.1, 0.15) is 44.6 Å². The Morgan fingerprint density at radius 3 is 2.67 bits per heavy atom. The lowest BCUT2D eigenvalue weighted by atomic mass is 10.2. The third kappa shape index (κ3) is 6.89. The Kier molecular flexibility index (Phi) is 7.61. The van der Waals surface area contributed by atoms with Crippen LogP contribution >= 0.6 is 0 Å². The molecular formula is C16H22O2. The average Bonchev–Trinajstić information content (AvgIpc) is 2.41. The van der Waals surface area contributed by atoms with Gasteiger partial charge in [-0.25, -0.2) is 0 Å². The van der Waals surface area contributed by atoms with Crippen LogP contribution in [0.2, 0.25) is 0 Å². The average molecular weight is 246 g/mol. The van der Waals surface area contributed by atoms with Crippen molar-refractivity contribution < 1.29 is 9.53 Å². The number of hydrogen-bond acceptors (Lipinski definition) is 2. The monoisotopic (exact) mass is 246 g/mol. The second-order valence-corrected chi connectivity index (χ2v) is 4.27. The van der Waals surface area contributed by atoms with E-state index in [1.807, 2.05) is 30.3 Å². The topological polar surface area (TPSA) is 26.3 Å². The molecule has 0 fully saturated rings. The first kappa shape index (κ1) is 14.5. The Morgan fingerprint density at radius 2 is 1.94 bits per heavy atom. The Labute approximate surface area is 110 Å². The van der Waals surface area contributed by atoms with Crippen LogP contribution in [0, 0.1) is 0 Å². The fourth-order valence-corrected chi connectivity index (χ4v) is 1.63. The first-order valence-corrected chi connectivity index (χ1v) is 6.67. The van der Waals surface area contributed by atoms with Crippen LogP contribution < -0.4 is 0 Å². The molecular weight excluding hydrogens is 224 g/mol. The minimum Gasteiger partial charge on any atom is -0.461 e. The number of ether oxygens (including phenoxy) is 1. The van der Waals surface area contributed by atoms with E-state index >= 15 is 0 Å². The molecule has 0 saturated heterocycles. The number of allylic oxidation sites excluding steroid dienone is 2. The highest BCUT2D eigenvalue weighted by atomic mass is 16.5. The lowest BCUT2D eigenvalue weighted by molar-refractivity contribution is -0.145. The molecule has 0 heterocycles. The lowest BCUT2D eigenvalue weighted by Gasteiger charge is -2.04. The molecule has 0 aliphatic heterocycles. The maximum atomic E-state index is 11.5. The lowest BCUT2D eigenvalue weighted by Crippen LogP contribution is -2.04. The Hall–Kier alpha value is -1.57. The molecule has 1 aromatic rings. The zero-order chi connectivity index (χ0) is 13.1. The molecule has 0 N–H and O–H groups in total. The van der Waals surface area contributed by atoms with Crippen molar-refractivity contribution in [2.45, 2.75) is 45.6 Å². The summed E-state index contributed by atoms with van der Waals surface area (Å²) in [4.78, 5) is 11.5. The van der Waals surface area contributed by atoms with Gasteiger partial charge in [-0.2, -0.15) is 0 Å². The van der Waals surface area contributed by atoms with Crippen LogP contribution in [0.15, 0.2) is 42.5 Å². The van der Waals surface area contributed by atoms with E-state index in [1.54, 1.807) is 0 Å². The molecule has 98 valence electrons. The molecule has 0 spiro atoms. The molecule has 0 aromatic heterocycles. The molecule has 1 rings (SSSR count). The van der Waals surface area contributed by atoms with Crippen molar-refractivity contribution in [2.75, 3.05) is 0 Å². The second-order valence-electron chi connectivity index (χ2n) is 4.27. The number of carbonyl (C=O) groups is 1. The van der Waals surface area contributed by atoms with E-state index in [0.717, 1.165) is 31.2 Å². The smallest absolute Gasteiger partial charge is 0.306 e. The van der Waals surface area contributed by atoms with Crippen LogP contribution in [-0.4, -0.2) is 5.97 Å². The van der Waals surface area contributed by atoms with Gasteiger partial charge in [-0.3, -0.25) is 4.79 Å². The van der Waals surface area contributed by atoms with Gasteiger partial charge < -0.3 is 4.74 Å². The predicted octanol–water partition coefficient (Wildman–Crippen LogP) is 4.26. The van der Waals surface area contributed by atoms with Crippen LogP contribution in [-0.2, 0) is 16.1 Å². The Morgan fingerprint density at radius 1 is 1.17 bits per heavy atom. The van der Waals surface area contributed by atoms with Crippen molar-refractivity contribution >= 4 is 5.97 Å². The largest absolute Gasteiger partial charge is 0.461 e. The number of carbonyl (C=O) groups excluding carboxylic acids is 1. The minimum absolute atomic E-state index is 0.0988. The molecule has 1 aromatic carbocycles. The van der Waals surface area contributed by atoms with Gasteiger partial charge in [0.2, 0.25) is 0 Å². The first-order chi connectivity index (χ1) is 8.83. The fourth-order valence-electron chi connectivity index (χ4n) is 1.63. The molecule has 2 nitrogen and oxygen atoms in total. The van der Waals surface area contributed by atoms with Crippen LogP contribution in [0.25, 0.3) is 0 Å². The van der Waals surface area contributed by atoms with Crippen molar-refractivity contribution in [3.8, 4) is 0 Å². The van der Waals surface area contributed by atoms with E-state index in [2.05, 4.69) is 19.1 Å². The maximum Gasteiger partial charge on any atom is 0.306 e. The van der Waals surface area contributed by atoms with Gasteiger partial charge in [0, 0.05) is 6.42 Å². The normalized spacial score (nSPS) is 10.7. The Balaban J connectivity index is 2.06. The zero-order valence-corrected chi connectivity index (χ0v) is 11.1. The van der Waals surface area contributed by atoms with Crippen molar-refractivity contribution in [1.29, 1.82) is 0 Å². The van der Waals surface area contributed by atoms with Crippen molar-refractivity contribution in [3.63, 3.8) is 0 Å².